The Morgan fingerprint density at radius 2 is 1.65 bits per heavy atom. The number of halogens is 2. The van der Waals surface area contributed by atoms with Crippen molar-refractivity contribution in [2.45, 2.75) is 85.7 Å². The van der Waals surface area contributed by atoms with Crippen LogP contribution in [0.5, 0.6) is 5.75 Å². The summed E-state index contributed by atoms with van der Waals surface area (Å²) in [4.78, 5) is 0. The average Bonchev–Trinajstić information content (AvgIpc) is 2.57. The number of hydrogen-bond donors (Lipinski definition) is 0. The molecule has 1 aliphatic heterocycles. The Morgan fingerprint density at radius 3 is 2.31 bits per heavy atom. The van der Waals surface area contributed by atoms with E-state index >= 15 is 0 Å². The molecule has 1 heterocycles. The van der Waals surface area contributed by atoms with E-state index in [4.69, 9.17) is 4.74 Å². The lowest BCUT2D eigenvalue weighted by Gasteiger charge is -2.38. The molecular weight excluding hydrogens is 330 g/mol. The van der Waals surface area contributed by atoms with Crippen LogP contribution in [0, 0.1) is 27.7 Å². The molecule has 1 atom stereocenters. The van der Waals surface area contributed by atoms with Crippen LogP contribution in [0.15, 0.2) is 23.8 Å². The third-order valence-electron chi connectivity index (χ3n) is 6.01. The van der Waals surface area contributed by atoms with Gasteiger partial charge in [0.15, 0.2) is 0 Å². The summed E-state index contributed by atoms with van der Waals surface area (Å²) in [6.07, 6.45) is 6.62. The smallest absolute Gasteiger partial charge is 0.266 e. The third-order valence-corrected chi connectivity index (χ3v) is 6.01. The van der Waals surface area contributed by atoms with E-state index in [-0.39, 0.29) is 5.60 Å². The van der Waals surface area contributed by atoms with E-state index in [9.17, 15) is 8.78 Å². The Bertz CT molecular complexity index is 726. The normalized spacial score (nSPS) is 19.8. The molecule has 0 aliphatic carbocycles. The predicted octanol–water partition coefficient (Wildman–Crippen LogP) is 7.29. The Balaban J connectivity index is 2.04. The van der Waals surface area contributed by atoms with E-state index in [0.29, 0.717) is 12.8 Å². The Labute approximate surface area is 157 Å². The minimum Gasteiger partial charge on any atom is -0.487 e. The van der Waals surface area contributed by atoms with Gasteiger partial charge in [0, 0.05) is 0 Å². The molecule has 3 heteroatoms. The van der Waals surface area contributed by atoms with E-state index in [1.807, 2.05) is 6.92 Å². The first-order chi connectivity index (χ1) is 12.1. The van der Waals surface area contributed by atoms with Crippen molar-refractivity contribution in [1.82, 2.24) is 0 Å². The highest BCUT2D eigenvalue weighted by Crippen LogP contribution is 2.42. The van der Waals surface area contributed by atoms with Crippen molar-refractivity contribution in [3.63, 3.8) is 0 Å². The molecule has 26 heavy (non-hydrogen) atoms. The number of hydrogen-bond acceptors (Lipinski definition) is 1. The molecule has 1 aromatic carbocycles. The van der Waals surface area contributed by atoms with Gasteiger partial charge in [0.25, 0.3) is 6.08 Å². The summed E-state index contributed by atoms with van der Waals surface area (Å²) >= 11 is 0. The van der Waals surface area contributed by atoms with E-state index in [0.717, 1.165) is 37.5 Å². The molecule has 0 N–H and O–H groups in total. The predicted molar refractivity (Wildman–Crippen MR) is 105 cm³/mol. The van der Waals surface area contributed by atoms with Crippen molar-refractivity contribution < 1.29 is 13.5 Å². The van der Waals surface area contributed by atoms with Gasteiger partial charge in [0.1, 0.15) is 11.4 Å². The first-order valence-electron chi connectivity index (χ1n) is 9.59. The molecule has 1 aromatic rings. The second kappa shape index (κ2) is 8.37. The van der Waals surface area contributed by atoms with Gasteiger partial charge in [-0.15, -0.1) is 0 Å². The Hall–Kier alpha value is -1.64. The van der Waals surface area contributed by atoms with Crippen LogP contribution in [0.1, 0.15) is 73.8 Å². The minimum atomic E-state index is -1.59. The lowest BCUT2D eigenvalue weighted by atomic mass is 9.83. The van der Waals surface area contributed by atoms with E-state index in [2.05, 4.69) is 40.7 Å². The molecule has 2 rings (SSSR count). The second-order valence-electron chi connectivity index (χ2n) is 7.98. The van der Waals surface area contributed by atoms with Gasteiger partial charge in [0.2, 0.25) is 0 Å². The fraction of sp³-hybridized carbons (Fsp3) is 0.565. The second-order valence-corrected chi connectivity index (χ2v) is 7.98. The summed E-state index contributed by atoms with van der Waals surface area (Å²) in [6.45, 7) is 13.0. The van der Waals surface area contributed by atoms with Gasteiger partial charge in [-0.25, -0.2) is 0 Å². The molecule has 0 bridgehead atoms. The topological polar surface area (TPSA) is 9.23 Å². The fourth-order valence-electron chi connectivity index (χ4n) is 3.79. The minimum absolute atomic E-state index is 0.159. The first kappa shape index (κ1) is 20.7. The summed E-state index contributed by atoms with van der Waals surface area (Å²) in [5.74, 6) is 1.09. The molecule has 144 valence electrons. The molecule has 1 aliphatic rings. The summed E-state index contributed by atoms with van der Waals surface area (Å²) in [5.41, 5.74) is 7.72. The fourth-order valence-corrected chi connectivity index (χ4v) is 3.79. The molecular formula is C23H32F2O. The summed E-state index contributed by atoms with van der Waals surface area (Å²) < 4.78 is 30.7. The van der Waals surface area contributed by atoms with Gasteiger partial charge in [-0.05, 0) is 114 Å². The van der Waals surface area contributed by atoms with Crippen molar-refractivity contribution in [3.8, 4) is 5.75 Å². The summed E-state index contributed by atoms with van der Waals surface area (Å²) in [6, 6.07) is 0. The van der Waals surface area contributed by atoms with Gasteiger partial charge >= 0.3 is 0 Å². The number of allylic oxidation sites excluding steroid dienone is 3. The van der Waals surface area contributed by atoms with Crippen molar-refractivity contribution in [1.29, 1.82) is 0 Å². The zero-order valence-electron chi connectivity index (χ0n) is 17.1. The maximum Gasteiger partial charge on any atom is 0.266 e. The lowest BCUT2D eigenvalue weighted by molar-refractivity contribution is 0.0560. The van der Waals surface area contributed by atoms with Crippen LogP contribution in [-0.2, 0) is 6.42 Å². The van der Waals surface area contributed by atoms with Crippen molar-refractivity contribution in [3.05, 3.63) is 51.6 Å². The standard InChI is InChI=1S/C23H32F2O/c1-15(9-7-11-21(24)25)10-8-13-23(6)14-12-20-18(4)16(2)17(3)19(5)22(20)26-23/h10-11H,7-9,12-14H2,1-6H3/b15-10+/t23-/m0/s1. The third kappa shape index (κ3) is 4.75. The molecule has 0 radical (unpaired) electrons. The monoisotopic (exact) mass is 362 g/mol. The molecule has 1 nitrogen and oxygen atoms in total. The van der Waals surface area contributed by atoms with Gasteiger partial charge in [-0.2, -0.15) is 8.78 Å². The number of rotatable bonds is 6. The van der Waals surface area contributed by atoms with E-state index in [1.165, 1.54) is 33.4 Å². The summed E-state index contributed by atoms with van der Waals surface area (Å²) in [5, 5.41) is 0. The van der Waals surface area contributed by atoms with Crippen LogP contribution in [0.2, 0.25) is 0 Å². The quantitative estimate of drug-likeness (QED) is 0.483. The van der Waals surface area contributed by atoms with Crippen LogP contribution in [-0.4, -0.2) is 5.60 Å². The zero-order chi connectivity index (χ0) is 19.5. The highest BCUT2D eigenvalue weighted by atomic mass is 19.3. The van der Waals surface area contributed by atoms with Crippen LogP contribution in [0.3, 0.4) is 0 Å². The highest BCUT2D eigenvalue weighted by molar-refractivity contribution is 5.55. The van der Waals surface area contributed by atoms with Crippen LogP contribution < -0.4 is 4.74 Å². The number of fused-ring (bicyclic) bond motifs is 1. The van der Waals surface area contributed by atoms with Gasteiger partial charge in [-0.1, -0.05) is 11.6 Å². The van der Waals surface area contributed by atoms with Crippen LogP contribution in [0.4, 0.5) is 8.78 Å². The Morgan fingerprint density at radius 1 is 1.00 bits per heavy atom. The summed E-state index contributed by atoms with van der Waals surface area (Å²) in [7, 11) is 0. The lowest BCUT2D eigenvalue weighted by Crippen LogP contribution is -2.37. The van der Waals surface area contributed by atoms with Gasteiger partial charge in [0.05, 0.1) is 0 Å². The maximum atomic E-state index is 12.1. The van der Waals surface area contributed by atoms with Crippen molar-refractivity contribution in [2.24, 2.45) is 0 Å². The molecule has 0 aromatic heterocycles. The number of ether oxygens (including phenoxy) is 1. The van der Waals surface area contributed by atoms with E-state index in [1.54, 1.807) is 0 Å². The molecule has 0 amide bonds. The average molecular weight is 363 g/mol. The van der Waals surface area contributed by atoms with Crippen LogP contribution in [0.25, 0.3) is 0 Å². The molecule has 0 saturated heterocycles. The van der Waals surface area contributed by atoms with Gasteiger partial charge in [-0.3, -0.25) is 0 Å². The number of benzene rings is 1. The molecule has 0 saturated carbocycles. The maximum absolute atomic E-state index is 12.1. The molecule has 0 unspecified atom stereocenters. The first-order valence-corrected chi connectivity index (χ1v) is 9.59. The molecule has 0 fully saturated rings. The molecule has 0 spiro atoms. The van der Waals surface area contributed by atoms with E-state index < -0.39 is 6.08 Å². The van der Waals surface area contributed by atoms with Crippen molar-refractivity contribution in [2.75, 3.05) is 0 Å². The zero-order valence-corrected chi connectivity index (χ0v) is 17.1. The highest BCUT2D eigenvalue weighted by Gasteiger charge is 2.33. The SMILES string of the molecule is C/C(=C\CC[C@@]1(C)CCc2c(C)c(C)c(C)c(C)c2O1)CCC=C(F)F. The van der Waals surface area contributed by atoms with Gasteiger partial charge < -0.3 is 4.74 Å². The Kier molecular flexibility index (Phi) is 6.65. The largest absolute Gasteiger partial charge is 0.487 e. The van der Waals surface area contributed by atoms with Crippen molar-refractivity contribution >= 4 is 0 Å². The van der Waals surface area contributed by atoms with Crippen LogP contribution >= 0.6 is 0 Å².